The van der Waals surface area contributed by atoms with Gasteiger partial charge < -0.3 is 9.73 Å². The van der Waals surface area contributed by atoms with Gasteiger partial charge in [0.05, 0.1) is 11.9 Å². The summed E-state index contributed by atoms with van der Waals surface area (Å²) in [6.45, 7) is 0. The summed E-state index contributed by atoms with van der Waals surface area (Å²) in [5.74, 6) is -1.10. The Hall–Kier alpha value is -2.89. The van der Waals surface area contributed by atoms with Crippen LogP contribution in [0.3, 0.4) is 0 Å². The van der Waals surface area contributed by atoms with Crippen molar-refractivity contribution in [2.45, 2.75) is 6.42 Å². The van der Waals surface area contributed by atoms with Gasteiger partial charge in [-0.15, -0.1) is 0 Å². The molecule has 0 aliphatic heterocycles. The highest BCUT2D eigenvalue weighted by atomic mass is 19.1. The minimum atomic E-state index is -0.460. The molecule has 22 heavy (non-hydrogen) atoms. The van der Waals surface area contributed by atoms with Gasteiger partial charge in [-0.2, -0.15) is 0 Å². The number of carbonyl (C=O) groups excluding carboxylic acids is 1. The van der Waals surface area contributed by atoms with Crippen molar-refractivity contribution in [3.05, 3.63) is 64.4 Å². The Labute approximate surface area is 125 Å². The van der Waals surface area contributed by atoms with E-state index >= 15 is 0 Å². The van der Waals surface area contributed by atoms with Gasteiger partial charge in [-0.05, 0) is 35.9 Å². The molecule has 3 rings (SSSR count). The van der Waals surface area contributed by atoms with Crippen LogP contribution in [0, 0.1) is 5.82 Å². The van der Waals surface area contributed by atoms with Gasteiger partial charge in [0.25, 0.3) is 0 Å². The van der Waals surface area contributed by atoms with Gasteiger partial charge in [0.15, 0.2) is 5.58 Å². The van der Waals surface area contributed by atoms with E-state index in [1.807, 2.05) is 0 Å². The number of carbonyl (C=O) groups is 1. The van der Waals surface area contributed by atoms with E-state index < -0.39 is 5.76 Å². The lowest BCUT2D eigenvalue weighted by Crippen LogP contribution is -2.14. The van der Waals surface area contributed by atoms with Gasteiger partial charge in [-0.25, -0.2) is 9.18 Å². The SMILES string of the molecule is Cn1c(=O)oc2ccc(NC(=O)Cc3cccc(F)c3)cc21. The van der Waals surface area contributed by atoms with Gasteiger partial charge in [0, 0.05) is 12.7 Å². The number of halogens is 1. The highest BCUT2D eigenvalue weighted by Gasteiger charge is 2.09. The van der Waals surface area contributed by atoms with Gasteiger partial charge in [0.1, 0.15) is 5.82 Å². The van der Waals surface area contributed by atoms with E-state index in [9.17, 15) is 14.0 Å². The predicted molar refractivity (Wildman–Crippen MR) is 80.2 cm³/mol. The van der Waals surface area contributed by atoms with Crippen molar-refractivity contribution in [2.24, 2.45) is 7.05 Å². The highest BCUT2D eigenvalue weighted by Crippen LogP contribution is 2.18. The fourth-order valence-corrected chi connectivity index (χ4v) is 2.24. The first-order chi connectivity index (χ1) is 10.5. The summed E-state index contributed by atoms with van der Waals surface area (Å²) >= 11 is 0. The van der Waals surface area contributed by atoms with Crippen molar-refractivity contribution < 1.29 is 13.6 Å². The molecule has 0 fully saturated rings. The largest absolute Gasteiger partial charge is 0.419 e. The number of aryl methyl sites for hydroxylation is 1. The molecule has 0 bridgehead atoms. The fraction of sp³-hybridized carbons (Fsp3) is 0.125. The molecule has 0 saturated heterocycles. The third kappa shape index (κ3) is 2.76. The Balaban J connectivity index is 1.79. The maximum Gasteiger partial charge on any atom is 0.419 e. The molecule has 3 aromatic rings. The number of amides is 1. The van der Waals surface area contributed by atoms with E-state index in [1.54, 1.807) is 37.4 Å². The lowest BCUT2D eigenvalue weighted by molar-refractivity contribution is -0.115. The summed E-state index contributed by atoms with van der Waals surface area (Å²) in [5, 5.41) is 2.72. The highest BCUT2D eigenvalue weighted by molar-refractivity contribution is 5.94. The first-order valence-electron chi connectivity index (χ1n) is 6.67. The molecule has 0 saturated carbocycles. The lowest BCUT2D eigenvalue weighted by atomic mass is 10.1. The molecule has 0 atom stereocenters. The fourth-order valence-electron chi connectivity index (χ4n) is 2.24. The maximum atomic E-state index is 13.1. The molecule has 0 aliphatic carbocycles. The van der Waals surface area contributed by atoms with E-state index in [2.05, 4.69) is 5.32 Å². The number of hydrogen-bond acceptors (Lipinski definition) is 3. The number of oxazole rings is 1. The zero-order valence-electron chi connectivity index (χ0n) is 11.8. The smallest absolute Gasteiger partial charge is 0.408 e. The van der Waals surface area contributed by atoms with Crippen molar-refractivity contribution in [3.63, 3.8) is 0 Å². The minimum absolute atomic E-state index is 0.0696. The standard InChI is InChI=1S/C16H13FN2O3/c1-19-13-9-12(5-6-14(13)22-16(19)21)18-15(20)8-10-3-2-4-11(17)7-10/h2-7,9H,8H2,1H3,(H,18,20). The predicted octanol–water partition coefficient (Wildman–Crippen LogP) is 2.45. The first kappa shape index (κ1) is 14.1. The van der Waals surface area contributed by atoms with Crippen molar-refractivity contribution in [2.75, 3.05) is 5.32 Å². The van der Waals surface area contributed by atoms with Crippen molar-refractivity contribution >= 4 is 22.7 Å². The van der Waals surface area contributed by atoms with E-state index in [4.69, 9.17) is 4.42 Å². The van der Waals surface area contributed by atoms with Crippen LogP contribution >= 0.6 is 0 Å². The normalized spacial score (nSPS) is 10.8. The summed E-state index contributed by atoms with van der Waals surface area (Å²) in [6.07, 6.45) is 0.0696. The van der Waals surface area contributed by atoms with Crippen molar-refractivity contribution in [3.8, 4) is 0 Å². The number of fused-ring (bicyclic) bond motifs is 1. The average molecular weight is 300 g/mol. The second-order valence-corrected chi connectivity index (χ2v) is 4.96. The molecular formula is C16H13FN2O3. The van der Waals surface area contributed by atoms with E-state index in [0.717, 1.165) is 0 Å². The van der Waals surface area contributed by atoms with Crippen LogP contribution in [0.25, 0.3) is 11.1 Å². The molecule has 0 unspecified atom stereocenters. The van der Waals surface area contributed by atoms with Crippen LogP contribution in [0.5, 0.6) is 0 Å². The lowest BCUT2D eigenvalue weighted by Gasteiger charge is -2.05. The van der Waals surface area contributed by atoms with Crippen LogP contribution in [0.15, 0.2) is 51.7 Å². The summed E-state index contributed by atoms with van der Waals surface area (Å²) in [5.41, 5.74) is 2.18. The maximum absolute atomic E-state index is 13.1. The number of hydrogen-bond donors (Lipinski definition) is 1. The van der Waals surface area contributed by atoms with Gasteiger partial charge >= 0.3 is 5.76 Å². The van der Waals surface area contributed by atoms with Gasteiger partial charge in [-0.3, -0.25) is 9.36 Å². The molecule has 0 aliphatic rings. The molecule has 2 aromatic carbocycles. The third-order valence-electron chi connectivity index (χ3n) is 3.33. The summed E-state index contributed by atoms with van der Waals surface area (Å²) in [7, 11) is 1.59. The Morgan fingerprint density at radius 2 is 2.09 bits per heavy atom. The molecule has 0 radical (unpaired) electrons. The second kappa shape index (κ2) is 5.48. The molecule has 6 heteroatoms. The van der Waals surface area contributed by atoms with Crippen LogP contribution in [0.1, 0.15) is 5.56 Å². The quantitative estimate of drug-likeness (QED) is 0.808. The molecule has 1 amide bonds. The number of nitrogens with zero attached hydrogens (tertiary/aromatic N) is 1. The number of nitrogens with one attached hydrogen (secondary N) is 1. The van der Waals surface area contributed by atoms with Gasteiger partial charge in [0.2, 0.25) is 5.91 Å². The van der Waals surface area contributed by atoms with Crippen molar-refractivity contribution in [1.29, 1.82) is 0 Å². The molecular weight excluding hydrogens is 287 g/mol. The Morgan fingerprint density at radius 3 is 2.86 bits per heavy atom. The van der Waals surface area contributed by atoms with Crippen LogP contribution in [0.2, 0.25) is 0 Å². The minimum Gasteiger partial charge on any atom is -0.408 e. The van der Waals surface area contributed by atoms with Crippen LogP contribution < -0.4 is 11.1 Å². The zero-order chi connectivity index (χ0) is 15.7. The van der Waals surface area contributed by atoms with E-state index in [-0.39, 0.29) is 18.1 Å². The Bertz CT molecular complexity index is 911. The molecule has 1 heterocycles. The summed E-state index contributed by atoms with van der Waals surface area (Å²) < 4.78 is 19.5. The van der Waals surface area contributed by atoms with Crippen molar-refractivity contribution in [1.82, 2.24) is 4.57 Å². The van der Waals surface area contributed by atoms with E-state index in [1.165, 1.54) is 16.7 Å². The third-order valence-corrected chi connectivity index (χ3v) is 3.33. The number of anilines is 1. The van der Waals surface area contributed by atoms with E-state index in [0.29, 0.717) is 22.4 Å². The monoisotopic (exact) mass is 300 g/mol. The molecule has 5 nitrogen and oxygen atoms in total. The molecule has 1 aromatic heterocycles. The number of rotatable bonds is 3. The summed E-state index contributed by atoms with van der Waals surface area (Å²) in [4.78, 5) is 23.4. The molecule has 112 valence electrons. The molecule has 1 N–H and O–H groups in total. The number of benzene rings is 2. The van der Waals surface area contributed by atoms with Crippen LogP contribution in [0.4, 0.5) is 10.1 Å². The Kier molecular flexibility index (Phi) is 3.50. The summed E-state index contributed by atoms with van der Waals surface area (Å²) in [6, 6.07) is 10.8. The second-order valence-electron chi connectivity index (χ2n) is 4.96. The van der Waals surface area contributed by atoms with Gasteiger partial charge in [-0.1, -0.05) is 12.1 Å². The van der Waals surface area contributed by atoms with Crippen LogP contribution in [-0.2, 0) is 18.3 Å². The number of aromatic nitrogens is 1. The average Bonchev–Trinajstić information content (AvgIpc) is 2.74. The van der Waals surface area contributed by atoms with Crippen LogP contribution in [-0.4, -0.2) is 10.5 Å². The zero-order valence-corrected chi connectivity index (χ0v) is 11.8. The first-order valence-corrected chi connectivity index (χ1v) is 6.67. The molecule has 0 spiro atoms. The Morgan fingerprint density at radius 1 is 1.27 bits per heavy atom. The topological polar surface area (TPSA) is 64.2 Å².